The molecule has 17 heteroatoms. The number of fused-ring (bicyclic) bond motifs is 2. The van der Waals surface area contributed by atoms with Crippen LogP contribution in [0.2, 0.25) is 0 Å². The first-order chi connectivity index (χ1) is 30.8. The lowest BCUT2D eigenvalue weighted by atomic mass is 9.81. The Labute approximate surface area is 379 Å². The lowest BCUT2D eigenvalue weighted by Gasteiger charge is -2.46. The number of nitrogens with zero attached hydrogens (tertiary/aromatic N) is 4. The number of benzene rings is 3. The molecule has 7 rings (SSSR count). The molecule has 0 spiro atoms. The molecule has 4 heterocycles. The molecule has 3 aromatic carbocycles. The van der Waals surface area contributed by atoms with Crippen molar-refractivity contribution in [2.75, 3.05) is 6.54 Å². The highest BCUT2D eigenvalue weighted by Gasteiger charge is 2.50. The number of aromatic nitrogens is 2. The summed E-state index contributed by atoms with van der Waals surface area (Å²) in [5.74, 6) is -2.95. The number of hydrogen-bond donors (Lipinski definition) is 4. The number of nitrogens with two attached hydrogens (primary N) is 1. The highest BCUT2D eigenvalue weighted by Crippen LogP contribution is 2.48. The molecule has 0 radical (unpaired) electrons. The van der Waals surface area contributed by atoms with Crippen molar-refractivity contribution in [3.05, 3.63) is 100 Å². The number of aryl methyl sites for hydroxylation is 2. The number of amides is 4. The van der Waals surface area contributed by atoms with Gasteiger partial charge in [0.2, 0.25) is 23.6 Å². The van der Waals surface area contributed by atoms with Crippen LogP contribution in [0.4, 0.5) is 8.78 Å². The number of carbonyl (C=O) groups is 4. The van der Waals surface area contributed by atoms with Gasteiger partial charge in [0.15, 0.2) is 11.5 Å². The number of carbonyl (C=O) groups excluding carboxylic acids is 4. The molecule has 4 atom stereocenters. The number of aromatic hydroxyl groups is 1. The normalized spacial score (nSPS) is 17.5. The zero-order chi connectivity index (χ0) is 46.8. The summed E-state index contributed by atoms with van der Waals surface area (Å²) >= 11 is 1.53. The third kappa shape index (κ3) is 10.4. The Hall–Kier alpha value is -6.20. The second kappa shape index (κ2) is 19.1. The summed E-state index contributed by atoms with van der Waals surface area (Å²) in [5.41, 5.74) is 10.0. The Kier molecular flexibility index (Phi) is 13.7. The molecule has 5 aromatic rings. The quantitative estimate of drug-likeness (QED) is 0.0722. The van der Waals surface area contributed by atoms with Gasteiger partial charge in [0.25, 0.3) is 0 Å². The lowest BCUT2D eigenvalue weighted by molar-refractivity contribution is -0.286. The molecule has 1 unspecified atom stereocenters. The predicted molar refractivity (Wildman–Crippen MR) is 240 cm³/mol. The number of halogens is 2. The highest BCUT2D eigenvalue weighted by molar-refractivity contribution is 7.13. The Balaban J connectivity index is 1.28. The van der Waals surface area contributed by atoms with Gasteiger partial charge in [0, 0.05) is 49.5 Å². The van der Waals surface area contributed by atoms with Crippen molar-refractivity contribution >= 4 is 45.9 Å². The predicted octanol–water partition coefficient (Wildman–Crippen LogP) is 7.44. The van der Waals surface area contributed by atoms with Crippen LogP contribution < -0.4 is 20.5 Å². The Bertz CT molecular complexity index is 2580. The van der Waals surface area contributed by atoms with Crippen molar-refractivity contribution in [1.82, 2.24) is 25.1 Å². The smallest absolute Gasteiger partial charge is 0.505 e. The van der Waals surface area contributed by atoms with Crippen LogP contribution in [0.5, 0.6) is 17.2 Å². The summed E-state index contributed by atoms with van der Waals surface area (Å²) in [7, 11) is 0. The molecule has 14 nitrogen and oxygen atoms in total. The first kappa shape index (κ1) is 46.8. The van der Waals surface area contributed by atoms with E-state index in [-0.39, 0.29) is 66.2 Å². The number of ether oxygens (including phenoxy) is 2. The minimum Gasteiger partial charge on any atom is -0.505 e. The number of primary amides is 1. The van der Waals surface area contributed by atoms with Crippen molar-refractivity contribution in [2.45, 2.75) is 117 Å². The monoisotopic (exact) mass is 912 g/mol. The molecular formula is C48H54F2N6O8S. The molecule has 1 saturated heterocycles. The van der Waals surface area contributed by atoms with Gasteiger partial charge in [-0.15, -0.1) is 20.1 Å². The number of unbranched alkanes of at least 4 members (excludes halogenated alkanes) is 3. The van der Waals surface area contributed by atoms with E-state index in [1.54, 1.807) is 51.4 Å². The van der Waals surface area contributed by atoms with E-state index in [0.29, 0.717) is 36.6 Å². The maximum Gasteiger partial charge on any atom is 0.586 e. The highest BCUT2D eigenvalue weighted by atomic mass is 32.1. The van der Waals surface area contributed by atoms with Crippen molar-refractivity contribution in [1.29, 1.82) is 0 Å². The van der Waals surface area contributed by atoms with Crippen molar-refractivity contribution < 1.29 is 47.6 Å². The van der Waals surface area contributed by atoms with E-state index < -0.39 is 59.6 Å². The summed E-state index contributed by atoms with van der Waals surface area (Å²) in [6.07, 6.45) is -1.46. The number of rotatable bonds is 16. The molecule has 4 amide bonds. The van der Waals surface area contributed by atoms with E-state index in [9.17, 15) is 28.6 Å². The van der Waals surface area contributed by atoms with Crippen LogP contribution in [0.1, 0.15) is 99.7 Å². The van der Waals surface area contributed by atoms with Crippen LogP contribution in [0.15, 0.2) is 72.4 Å². The third-order valence-corrected chi connectivity index (χ3v) is 12.9. The van der Waals surface area contributed by atoms with Gasteiger partial charge < -0.3 is 40.5 Å². The van der Waals surface area contributed by atoms with Gasteiger partial charge in [-0.3, -0.25) is 24.2 Å². The second-order valence-electron chi connectivity index (χ2n) is 17.8. The molecule has 65 heavy (non-hydrogen) atoms. The van der Waals surface area contributed by atoms with Crippen LogP contribution >= 0.6 is 11.3 Å². The van der Waals surface area contributed by atoms with E-state index >= 15 is 9.59 Å². The number of hydrogen-bond acceptors (Lipinski definition) is 11. The molecule has 2 aliphatic heterocycles. The average molecular weight is 913 g/mol. The van der Waals surface area contributed by atoms with E-state index in [4.69, 9.17) is 15.2 Å². The Morgan fingerprint density at radius 3 is 2.37 bits per heavy atom. The van der Waals surface area contributed by atoms with Gasteiger partial charge in [-0.1, -0.05) is 70.0 Å². The number of aliphatic hydroxyl groups is 1. The van der Waals surface area contributed by atoms with Gasteiger partial charge in [-0.05, 0) is 78.6 Å². The summed E-state index contributed by atoms with van der Waals surface area (Å²) in [5, 5.41) is 26.8. The molecule has 1 fully saturated rings. The summed E-state index contributed by atoms with van der Waals surface area (Å²) in [6, 6.07) is 13.1. The van der Waals surface area contributed by atoms with Gasteiger partial charge in [-0.25, -0.2) is 4.98 Å². The van der Waals surface area contributed by atoms with E-state index in [1.807, 2.05) is 31.2 Å². The van der Waals surface area contributed by atoms with Crippen LogP contribution in [-0.2, 0) is 25.7 Å². The van der Waals surface area contributed by atoms with Gasteiger partial charge >= 0.3 is 6.29 Å². The fourth-order valence-corrected chi connectivity index (χ4v) is 9.60. The minimum absolute atomic E-state index is 0.0621. The van der Waals surface area contributed by atoms with Crippen LogP contribution in [0, 0.1) is 19.3 Å². The van der Waals surface area contributed by atoms with Crippen molar-refractivity contribution in [3.8, 4) is 27.7 Å². The molecule has 0 saturated carbocycles. The number of pyridine rings is 1. The second-order valence-corrected chi connectivity index (χ2v) is 18.7. The largest absolute Gasteiger partial charge is 0.586 e. The SMILES string of the molecule is Cc1ncsc1-c1ccc(CNC(=O)[C@H]2C[C@H](O)CN2C(=O)[C@H](N(C(=O)CCCCCCC(N)=O)C(c2ccc3c(c2)OC(F)(F)O3)c2cc(C)c3cccnc3c2O)C(C)(C)C)cc1. The van der Waals surface area contributed by atoms with Crippen LogP contribution in [-0.4, -0.2) is 84.6 Å². The number of β-amino-alcohol motifs (C(OH)–C–C–N with tert-alkyl or cyclic N) is 1. The minimum atomic E-state index is -3.97. The van der Waals surface area contributed by atoms with Gasteiger partial charge in [-0.2, -0.15) is 0 Å². The molecule has 0 aliphatic carbocycles. The lowest BCUT2D eigenvalue weighted by Crippen LogP contribution is -2.60. The number of phenolic OH excluding ortho intramolecular Hbond substituents is 1. The van der Waals surface area contributed by atoms with E-state index in [1.165, 1.54) is 45.5 Å². The maximum atomic E-state index is 15.5. The topological polar surface area (TPSA) is 198 Å². The summed E-state index contributed by atoms with van der Waals surface area (Å²) < 4.78 is 38.6. The number of phenols is 1. The zero-order valence-corrected chi connectivity index (χ0v) is 37.8. The molecular weight excluding hydrogens is 859 g/mol. The fourth-order valence-electron chi connectivity index (χ4n) is 8.79. The zero-order valence-electron chi connectivity index (χ0n) is 37.0. The fraction of sp³-hybridized carbons (Fsp3) is 0.417. The molecule has 2 aromatic heterocycles. The first-order valence-electron chi connectivity index (χ1n) is 21.6. The number of aliphatic hydroxyl groups excluding tert-OH is 1. The number of nitrogens with one attached hydrogen (secondary N) is 1. The average Bonchev–Trinajstić information content (AvgIpc) is 3.96. The van der Waals surface area contributed by atoms with Gasteiger partial charge in [0.05, 0.1) is 28.2 Å². The first-order valence-corrected chi connectivity index (χ1v) is 22.5. The molecule has 344 valence electrons. The molecule has 5 N–H and O–H groups in total. The van der Waals surface area contributed by atoms with Gasteiger partial charge in [0.1, 0.15) is 23.3 Å². The van der Waals surface area contributed by atoms with Crippen molar-refractivity contribution in [2.24, 2.45) is 11.1 Å². The van der Waals surface area contributed by atoms with Crippen LogP contribution in [0.25, 0.3) is 21.3 Å². The van der Waals surface area contributed by atoms with Crippen LogP contribution in [0.3, 0.4) is 0 Å². The molecule has 2 aliphatic rings. The summed E-state index contributed by atoms with van der Waals surface area (Å²) in [4.78, 5) is 68.7. The maximum absolute atomic E-state index is 15.5. The summed E-state index contributed by atoms with van der Waals surface area (Å²) in [6.45, 7) is 8.98. The molecule has 0 bridgehead atoms. The number of likely N-dealkylation sites (tertiary alicyclic amines) is 1. The van der Waals surface area contributed by atoms with E-state index in [0.717, 1.165) is 21.7 Å². The Morgan fingerprint density at radius 2 is 1.69 bits per heavy atom. The van der Waals surface area contributed by atoms with E-state index in [2.05, 4.69) is 15.3 Å². The number of alkyl halides is 2. The number of thiazole rings is 1. The van der Waals surface area contributed by atoms with Crippen molar-refractivity contribution in [3.63, 3.8) is 0 Å². The third-order valence-electron chi connectivity index (χ3n) is 11.9. The Morgan fingerprint density at radius 1 is 0.985 bits per heavy atom. The standard InChI is InChI=1S/C48H54F2N6O8S/c1-27-21-34(42(60)40-33(27)11-10-20-52-40)41(31-18-19-36-37(22-31)64-48(49,50)63-36)56(39(59)13-9-7-6-8-12-38(51)58)44(47(3,4)5)46(62)55-25-32(57)23-35(55)45(61)53-24-29-14-16-30(17-15-29)43-28(2)54-26-65-43/h10-11,14-22,26,32,35,41,44,57,60H,6-9,12-13,23-25H2,1-5H3,(H2,51,58)(H,53,61)/t32-,35+,41?,44-/m0/s1.